The van der Waals surface area contributed by atoms with Gasteiger partial charge in [-0.2, -0.15) is 0 Å². The van der Waals surface area contributed by atoms with Crippen LogP contribution in [-0.2, 0) is 16.1 Å². The largest absolute Gasteiger partial charge is 0.467 e. The molecule has 3 aromatic rings. The van der Waals surface area contributed by atoms with E-state index in [0.29, 0.717) is 31.9 Å². The molecule has 0 unspecified atom stereocenters. The number of furan rings is 1. The summed E-state index contributed by atoms with van der Waals surface area (Å²) in [5.74, 6) is 1.17. The zero-order chi connectivity index (χ0) is 24.8. The van der Waals surface area contributed by atoms with Gasteiger partial charge < -0.3 is 19.1 Å². The molecule has 184 valence electrons. The molecule has 0 atom stereocenters. The van der Waals surface area contributed by atoms with Crippen LogP contribution in [0.3, 0.4) is 0 Å². The number of amides is 2. The minimum atomic E-state index is -0.196. The SMILES string of the molecule is Cc1ccc(-c2ccc(N3CCCN(C(=O)CN(Cc4ccco4)C(=O)C(C)C)CC3)nn2)cc1. The Labute approximate surface area is 206 Å². The summed E-state index contributed by atoms with van der Waals surface area (Å²) in [5.41, 5.74) is 3.09. The van der Waals surface area contributed by atoms with Crippen molar-refractivity contribution in [3.8, 4) is 11.3 Å². The molecule has 0 radical (unpaired) electrons. The summed E-state index contributed by atoms with van der Waals surface area (Å²) < 4.78 is 5.41. The van der Waals surface area contributed by atoms with Gasteiger partial charge in [-0.1, -0.05) is 43.7 Å². The zero-order valence-electron chi connectivity index (χ0n) is 20.7. The van der Waals surface area contributed by atoms with Gasteiger partial charge in [-0.25, -0.2) is 0 Å². The van der Waals surface area contributed by atoms with Crippen LogP contribution in [0.4, 0.5) is 5.82 Å². The lowest BCUT2D eigenvalue weighted by atomic mass is 10.1. The minimum absolute atomic E-state index is 0.0444. The summed E-state index contributed by atoms with van der Waals surface area (Å²) in [6.45, 7) is 8.77. The molecule has 1 aromatic carbocycles. The van der Waals surface area contributed by atoms with E-state index >= 15 is 0 Å². The maximum Gasteiger partial charge on any atom is 0.242 e. The Morgan fingerprint density at radius 1 is 1.00 bits per heavy atom. The van der Waals surface area contributed by atoms with Gasteiger partial charge in [0.15, 0.2) is 5.82 Å². The Morgan fingerprint density at radius 3 is 2.46 bits per heavy atom. The average molecular weight is 476 g/mol. The number of aromatic nitrogens is 2. The van der Waals surface area contributed by atoms with Crippen molar-refractivity contribution in [2.24, 2.45) is 5.92 Å². The third-order valence-corrected chi connectivity index (χ3v) is 6.23. The quantitative estimate of drug-likeness (QED) is 0.517. The molecule has 0 N–H and O–H groups in total. The number of anilines is 1. The molecule has 0 saturated carbocycles. The monoisotopic (exact) mass is 475 g/mol. The van der Waals surface area contributed by atoms with Crippen molar-refractivity contribution in [1.29, 1.82) is 0 Å². The number of nitrogens with zero attached hydrogens (tertiary/aromatic N) is 5. The van der Waals surface area contributed by atoms with Gasteiger partial charge in [0.1, 0.15) is 12.3 Å². The number of aryl methyl sites for hydroxylation is 1. The first-order chi connectivity index (χ1) is 16.9. The van der Waals surface area contributed by atoms with Crippen molar-refractivity contribution in [2.75, 3.05) is 37.6 Å². The topological polar surface area (TPSA) is 82.8 Å². The lowest BCUT2D eigenvalue weighted by Crippen LogP contribution is -2.45. The number of rotatable bonds is 7. The molecule has 8 heteroatoms. The summed E-state index contributed by atoms with van der Waals surface area (Å²) in [5, 5.41) is 8.88. The van der Waals surface area contributed by atoms with Crippen LogP contribution >= 0.6 is 0 Å². The third kappa shape index (κ3) is 6.26. The highest BCUT2D eigenvalue weighted by atomic mass is 16.3. The van der Waals surface area contributed by atoms with Crippen LogP contribution in [0.15, 0.2) is 59.2 Å². The maximum absolute atomic E-state index is 13.1. The predicted octanol–water partition coefficient (Wildman–Crippen LogP) is 3.77. The van der Waals surface area contributed by atoms with Crippen molar-refractivity contribution in [3.63, 3.8) is 0 Å². The van der Waals surface area contributed by atoms with Gasteiger partial charge in [0.2, 0.25) is 11.8 Å². The summed E-state index contributed by atoms with van der Waals surface area (Å²) in [6.07, 6.45) is 2.40. The van der Waals surface area contributed by atoms with Crippen molar-refractivity contribution in [3.05, 3.63) is 66.1 Å². The van der Waals surface area contributed by atoms with Crippen molar-refractivity contribution >= 4 is 17.6 Å². The molecule has 3 heterocycles. The van der Waals surface area contributed by atoms with E-state index in [-0.39, 0.29) is 24.3 Å². The van der Waals surface area contributed by atoms with Crippen molar-refractivity contribution < 1.29 is 14.0 Å². The van der Waals surface area contributed by atoms with Crippen LogP contribution in [0.25, 0.3) is 11.3 Å². The zero-order valence-corrected chi connectivity index (χ0v) is 20.7. The molecule has 1 aliphatic rings. The Kier molecular flexibility index (Phi) is 7.80. The summed E-state index contributed by atoms with van der Waals surface area (Å²) in [6, 6.07) is 15.8. The molecule has 0 aliphatic carbocycles. The Hall–Kier alpha value is -3.68. The first-order valence-corrected chi connectivity index (χ1v) is 12.2. The van der Waals surface area contributed by atoms with Crippen LogP contribution in [0.5, 0.6) is 0 Å². The van der Waals surface area contributed by atoms with Crippen molar-refractivity contribution in [1.82, 2.24) is 20.0 Å². The van der Waals surface area contributed by atoms with Gasteiger partial charge in [-0.15, -0.1) is 10.2 Å². The van der Waals surface area contributed by atoms with Gasteiger partial charge in [0, 0.05) is 37.7 Å². The third-order valence-electron chi connectivity index (χ3n) is 6.23. The van der Waals surface area contributed by atoms with E-state index in [2.05, 4.69) is 34.2 Å². The maximum atomic E-state index is 13.1. The smallest absolute Gasteiger partial charge is 0.242 e. The van der Waals surface area contributed by atoms with Crippen LogP contribution in [-0.4, -0.2) is 64.5 Å². The number of carbonyl (C=O) groups excluding carboxylic acids is 2. The number of benzene rings is 1. The Morgan fingerprint density at radius 2 is 1.80 bits per heavy atom. The number of hydrogen-bond donors (Lipinski definition) is 0. The van der Waals surface area contributed by atoms with E-state index in [9.17, 15) is 9.59 Å². The fraction of sp³-hybridized carbons (Fsp3) is 0.407. The fourth-order valence-corrected chi connectivity index (χ4v) is 4.20. The highest BCUT2D eigenvalue weighted by molar-refractivity contribution is 5.85. The standard InChI is InChI=1S/C27H33N5O3/c1-20(2)27(34)32(18-23-6-4-17-35-23)19-26(33)31-14-5-13-30(15-16-31)25-12-11-24(28-29-25)22-9-7-21(3)8-10-22/h4,6-12,17,20H,5,13-16,18-19H2,1-3H3. The minimum Gasteiger partial charge on any atom is -0.467 e. The summed E-state index contributed by atoms with van der Waals surface area (Å²) in [7, 11) is 0. The van der Waals surface area contributed by atoms with Crippen LogP contribution < -0.4 is 4.90 Å². The Balaban J connectivity index is 1.37. The summed E-state index contributed by atoms with van der Waals surface area (Å²) in [4.78, 5) is 31.5. The van der Waals surface area contributed by atoms with E-state index in [1.807, 2.05) is 49.1 Å². The van der Waals surface area contributed by atoms with Crippen molar-refractivity contribution in [2.45, 2.75) is 33.7 Å². The molecule has 1 fully saturated rings. The second-order valence-electron chi connectivity index (χ2n) is 9.29. The van der Waals surface area contributed by atoms with Crippen LogP contribution in [0, 0.1) is 12.8 Å². The molecule has 2 amide bonds. The molecule has 4 rings (SSSR count). The van der Waals surface area contributed by atoms with E-state index < -0.39 is 0 Å². The highest BCUT2D eigenvalue weighted by Crippen LogP contribution is 2.20. The normalized spacial score (nSPS) is 14.2. The van der Waals surface area contributed by atoms with E-state index in [1.165, 1.54) is 5.56 Å². The molecule has 0 spiro atoms. The second-order valence-corrected chi connectivity index (χ2v) is 9.29. The van der Waals surface area contributed by atoms with E-state index in [0.717, 1.165) is 30.0 Å². The molecule has 1 aliphatic heterocycles. The molecular weight excluding hydrogens is 442 g/mol. The first-order valence-electron chi connectivity index (χ1n) is 12.2. The van der Waals surface area contributed by atoms with Gasteiger partial charge in [-0.3, -0.25) is 9.59 Å². The first kappa shape index (κ1) is 24.4. The number of hydrogen-bond acceptors (Lipinski definition) is 6. The highest BCUT2D eigenvalue weighted by Gasteiger charge is 2.26. The molecule has 8 nitrogen and oxygen atoms in total. The second kappa shape index (κ2) is 11.2. The molecular formula is C27H33N5O3. The van der Waals surface area contributed by atoms with Crippen LogP contribution in [0.2, 0.25) is 0 Å². The van der Waals surface area contributed by atoms with Gasteiger partial charge in [0.05, 0.1) is 18.5 Å². The number of carbonyl (C=O) groups is 2. The van der Waals surface area contributed by atoms with Gasteiger partial charge in [-0.05, 0) is 37.6 Å². The Bertz CT molecular complexity index is 1110. The summed E-state index contributed by atoms with van der Waals surface area (Å²) >= 11 is 0. The van der Waals surface area contributed by atoms with E-state index in [4.69, 9.17) is 4.42 Å². The fourth-order valence-electron chi connectivity index (χ4n) is 4.20. The van der Waals surface area contributed by atoms with Gasteiger partial charge >= 0.3 is 0 Å². The molecule has 2 aromatic heterocycles. The predicted molar refractivity (Wildman–Crippen MR) is 135 cm³/mol. The van der Waals surface area contributed by atoms with Gasteiger partial charge in [0.25, 0.3) is 0 Å². The molecule has 35 heavy (non-hydrogen) atoms. The van der Waals surface area contributed by atoms with E-state index in [1.54, 1.807) is 17.2 Å². The average Bonchev–Trinajstić information content (AvgIpc) is 3.25. The lowest BCUT2D eigenvalue weighted by Gasteiger charge is -2.27. The molecule has 1 saturated heterocycles. The lowest BCUT2D eigenvalue weighted by molar-refractivity contribution is -0.143. The van der Waals surface area contributed by atoms with Crippen LogP contribution in [0.1, 0.15) is 31.6 Å². The molecule has 0 bridgehead atoms.